The fraction of sp³-hybridized carbons (Fsp3) is 0.500. The Kier molecular flexibility index (Phi) is 4.25. The molecule has 1 aliphatic rings. The zero-order valence-electron chi connectivity index (χ0n) is 16.4. The molecule has 3 aromatic rings. The van der Waals surface area contributed by atoms with Crippen LogP contribution in [0.4, 0.5) is 0 Å². The number of rotatable bonds is 4. The molecule has 3 aromatic heterocycles. The van der Waals surface area contributed by atoms with Crippen molar-refractivity contribution in [2.24, 2.45) is 5.41 Å². The Labute approximate surface area is 158 Å². The summed E-state index contributed by atoms with van der Waals surface area (Å²) < 4.78 is 16.5. The van der Waals surface area contributed by atoms with Crippen molar-refractivity contribution in [3.63, 3.8) is 0 Å². The summed E-state index contributed by atoms with van der Waals surface area (Å²) in [6, 6.07) is 2.01. The van der Waals surface area contributed by atoms with Gasteiger partial charge in [0.25, 0.3) is 5.89 Å². The Bertz CT molecular complexity index is 987. The zero-order valence-corrected chi connectivity index (χ0v) is 16.4. The largest absolute Gasteiger partial charge is 0.481 e. The molecule has 0 saturated carbocycles. The molecule has 3 heterocycles. The van der Waals surface area contributed by atoms with E-state index in [2.05, 4.69) is 41.1 Å². The maximum absolute atomic E-state index is 5.58. The molecule has 0 radical (unpaired) electrons. The predicted molar refractivity (Wildman–Crippen MR) is 99.5 cm³/mol. The summed E-state index contributed by atoms with van der Waals surface area (Å²) in [6.45, 7) is 8.46. The van der Waals surface area contributed by atoms with Crippen LogP contribution in [-0.4, -0.2) is 27.4 Å². The van der Waals surface area contributed by atoms with Crippen molar-refractivity contribution in [2.45, 2.75) is 53.4 Å². The summed E-state index contributed by atoms with van der Waals surface area (Å²) in [4.78, 5) is 9.10. The fourth-order valence-electron chi connectivity index (χ4n) is 3.60. The minimum Gasteiger partial charge on any atom is -0.481 e. The second kappa shape index (κ2) is 6.48. The van der Waals surface area contributed by atoms with Crippen molar-refractivity contribution in [1.29, 1.82) is 0 Å². The van der Waals surface area contributed by atoms with E-state index in [1.165, 1.54) is 0 Å². The molecule has 0 amide bonds. The van der Waals surface area contributed by atoms with Gasteiger partial charge in [-0.2, -0.15) is 4.98 Å². The van der Waals surface area contributed by atoms with Crippen LogP contribution < -0.4 is 4.74 Å². The summed E-state index contributed by atoms with van der Waals surface area (Å²) in [7, 11) is 1.63. The van der Waals surface area contributed by atoms with Gasteiger partial charge in [0.2, 0.25) is 11.7 Å². The quantitative estimate of drug-likeness (QED) is 0.682. The van der Waals surface area contributed by atoms with E-state index in [-0.39, 0.29) is 5.41 Å². The Morgan fingerprint density at radius 1 is 1.19 bits per heavy atom. The molecule has 4 rings (SSSR count). The van der Waals surface area contributed by atoms with Gasteiger partial charge in [0.15, 0.2) is 5.69 Å². The second-order valence-electron chi connectivity index (χ2n) is 7.84. The van der Waals surface area contributed by atoms with Gasteiger partial charge in [-0.25, -0.2) is 4.98 Å². The number of nitrogens with zero attached hydrogens (tertiary/aromatic N) is 4. The van der Waals surface area contributed by atoms with Gasteiger partial charge in [-0.15, -0.1) is 0 Å². The first-order chi connectivity index (χ1) is 12.9. The van der Waals surface area contributed by atoms with Gasteiger partial charge < -0.3 is 13.8 Å². The number of aromatic nitrogens is 4. The summed E-state index contributed by atoms with van der Waals surface area (Å²) >= 11 is 0. The lowest BCUT2D eigenvalue weighted by molar-refractivity contribution is 0.264. The minimum absolute atomic E-state index is 0.228. The van der Waals surface area contributed by atoms with Gasteiger partial charge in [0.05, 0.1) is 12.8 Å². The van der Waals surface area contributed by atoms with E-state index in [4.69, 9.17) is 13.8 Å². The topological polar surface area (TPSA) is 87.1 Å². The lowest BCUT2D eigenvalue weighted by Gasteiger charge is -2.27. The van der Waals surface area contributed by atoms with E-state index >= 15 is 0 Å². The highest BCUT2D eigenvalue weighted by Crippen LogP contribution is 2.39. The van der Waals surface area contributed by atoms with Gasteiger partial charge in [-0.3, -0.25) is 0 Å². The minimum atomic E-state index is 0.228. The second-order valence-corrected chi connectivity index (χ2v) is 7.84. The fourth-order valence-corrected chi connectivity index (χ4v) is 3.60. The molecule has 27 heavy (non-hydrogen) atoms. The monoisotopic (exact) mass is 368 g/mol. The van der Waals surface area contributed by atoms with E-state index in [1.54, 1.807) is 7.11 Å². The zero-order chi connectivity index (χ0) is 19.2. The maximum atomic E-state index is 5.58. The molecular formula is C20H24N4O3. The van der Waals surface area contributed by atoms with Gasteiger partial charge in [-0.05, 0) is 37.7 Å². The SMILES string of the molecule is CCc1cc(-c2noc(-c3noc4c3CCC(C)(C)C4)n2)c(C)nc1OC. The van der Waals surface area contributed by atoms with E-state index in [0.29, 0.717) is 23.3 Å². The maximum Gasteiger partial charge on any atom is 0.280 e. The van der Waals surface area contributed by atoms with Crippen LogP contribution in [0.15, 0.2) is 15.1 Å². The summed E-state index contributed by atoms with van der Waals surface area (Å²) in [5.41, 5.74) is 4.61. The third kappa shape index (κ3) is 3.11. The van der Waals surface area contributed by atoms with Crippen LogP contribution in [0.1, 0.15) is 49.8 Å². The predicted octanol–water partition coefficient (Wildman–Crippen LogP) is 4.18. The van der Waals surface area contributed by atoms with Crippen LogP contribution >= 0.6 is 0 Å². The third-order valence-corrected chi connectivity index (χ3v) is 5.26. The van der Waals surface area contributed by atoms with Gasteiger partial charge in [0, 0.05) is 23.1 Å². The van der Waals surface area contributed by atoms with Gasteiger partial charge in [0.1, 0.15) is 5.76 Å². The van der Waals surface area contributed by atoms with Gasteiger partial charge >= 0.3 is 0 Å². The Hall–Kier alpha value is -2.70. The Morgan fingerprint density at radius 2 is 2.00 bits per heavy atom. The number of fused-ring (bicyclic) bond motifs is 1. The number of hydrogen-bond donors (Lipinski definition) is 0. The number of methoxy groups -OCH3 is 1. The summed E-state index contributed by atoms with van der Waals surface area (Å²) in [5.74, 6) is 2.45. The van der Waals surface area contributed by atoms with Crippen LogP contribution in [-0.2, 0) is 19.3 Å². The lowest BCUT2D eigenvalue weighted by atomic mass is 9.77. The highest BCUT2D eigenvalue weighted by atomic mass is 16.5. The van der Waals surface area contributed by atoms with Gasteiger partial charge in [-0.1, -0.05) is 31.1 Å². The Morgan fingerprint density at radius 3 is 2.74 bits per heavy atom. The molecule has 0 bridgehead atoms. The molecule has 0 aromatic carbocycles. The third-order valence-electron chi connectivity index (χ3n) is 5.26. The van der Waals surface area contributed by atoms with E-state index in [9.17, 15) is 0 Å². The van der Waals surface area contributed by atoms with Crippen LogP contribution in [0.5, 0.6) is 5.88 Å². The first-order valence-electron chi connectivity index (χ1n) is 9.28. The van der Waals surface area contributed by atoms with Crippen molar-refractivity contribution in [3.05, 3.63) is 28.6 Å². The average molecular weight is 368 g/mol. The van der Waals surface area contributed by atoms with Crippen molar-refractivity contribution < 1.29 is 13.8 Å². The molecule has 0 saturated heterocycles. The molecule has 0 atom stereocenters. The van der Waals surface area contributed by atoms with Crippen LogP contribution in [0.2, 0.25) is 0 Å². The first-order valence-corrected chi connectivity index (χ1v) is 9.28. The van der Waals surface area contributed by atoms with Crippen molar-refractivity contribution in [2.75, 3.05) is 7.11 Å². The first kappa shape index (κ1) is 17.7. The van der Waals surface area contributed by atoms with Crippen LogP contribution in [0.3, 0.4) is 0 Å². The molecule has 1 aliphatic carbocycles. The summed E-state index contributed by atoms with van der Waals surface area (Å²) in [6.07, 6.45) is 3.66. The molecule has 0 spiro atoms. The number of pyridine rings is 1. The molecule has 0 aliphatic heterocycles. The highest BCUT2D eigenvalue weighted by Gasteiger charge is 2.32. The molecule has 0 unspecified atom stereocenters. The molecule has 7 heteroatoms. The molecular weight excluding hydrogens is 344 g/mol. The molecule has 0 fully saturated rings. The molecule has 0 N–H and O–H groups in total. The molecule has 142 valence electrons. The van der Waals surface area contributed by atoms with Crippen molar-refractivity contribution >= 4 is 0 Å². The van der Waals surface area contributed by atoms with Crippen LogP contribution in [0, 0.1) is 12.3 Å². The van der Waals surface area contributed by atoms with Crippen LogP contribution in [0.25, 0.3) is 23.0 Å². The summed E-state index contributed by atoms with van der Waals surface area (Å²) in [5, 5.41) is 8.38. The lowest BCUT2D eigenvalue weighted by Crippen LogP contribution is -2.21. The van der Waals surface area contributed by atoms with Crippen molar-refractivity contribution in [1.82, 2.24) is 20.3 Å². The number of hydrogen-bond acceptors (Lipinski definition) is 7. The number of aryl methyl sites for hydroxylation is 2. The Balaban J connectivity index is 1.71. The van der Waals surface area contributed by atoms with E-state index < -0.39 is 0 Å². The standard InChI is InChI=1S/C20H24N4O3/c1-6-12-9-14(11(2)21-18(12)25-5)17-22-19(27-24-17)16-13-7-8-20(3,4)10-15(13)26-23-16/h9H,6-8,10H2,1-5H3. The smallest absolute Gasteiger partial charge is 0.280 e. The van der Waals surface area contributed by atoms with E-state index in [1.807, 2.05) is 13.0 Å². The van der Waals surface area contributed by atoms with Crippen molar-refractivity contribution in [3.8, 4) is 28.9 Å². The highest BCUT2D eigenvalue weighted by molar-refractivity contribution is 5.63. The average Bonchev–Trinajstić information content (AvgIpc) is 3.26. The normalized spacial score (nSPS) is 15.6. The van der Waals surface area contributed by atoms with E-state index in [0.717, 1.165) is 53.8 Å². The molecule has 7 nitrogen and oxygen atoms in total. The number of ether oxygens (including phenoxy) is 1.